The number of hydrogen-bond donors (Lipinski definition) is 2. The number of methoxy groups -OCH3 is 1. The molecule has 1 aliphatic heterocycles. The molecule has 1 amide bonds. The van der Waals surface area contributed by atoms with Crippen molar-refractivity contribution in [3.8, 4) is 0 Å². The van der Waals surface area contributed by atoms with Gasteiger partial charge < -0.3 is 10.1 Å². The van der Waals surface area contributed by atoms with Crippen LogP contribution < -0.4 is 10.6 Å². The first kappa shape index (κ1) is 14.3. The lowest BCUT2D eigenvalue weighted by Gasteiger charge is -2.23. The highest BCUT2D eigenvalue weighted by Crippen LogP contribution is 2.31. The van der Waals surface area contributed by atoms with E-state index in [9.17, 15) is 4.79 Å². The number of amides is 1. The van der Waals surface area contributed by atoms with Crippen LogP contribution in [0.1, 0.15) is 18.0 Å². The van der Waals surface area contributed by atoms with E-state index in [0.29, 0.717) is 5.96 Å². The number of halogens is 2. The maximum atomic E-state index is 11.2. The minimum Gasteiger partial charge on any atom is -0.453 e. The van der Waals surface area contributed by atoms with Crippen LogP contribution in [0.4, 0.5) is 4.79 Å². The number of aliphatic imine (C=N–C) groups is 1. The average Bonchev–Trinajstić information content (AvgIpc) is 2.41. The predicted octanol–water partition coefficient (Wildman–Crippen LogP) is 2.96. The second-order valence-electron chi connectivity index (χ2n) is 3.99. The largest absolute Gasteiger partial charge is 0.453 e. The summed E-state index contributed by atoms with van der Waals surface area (Å²) in [4.78, 5) is 15.7. The maximum Gasteiger partial charge on any atom is 0.413 e. The van der Waals surface area contributed by atoms with Crippen LogP contribution in [0.25, 0.3) is 0 Å². The molecule has 1 unspecified atom stereocenters. The Bertz CT molecular complexity index is 520. The molecule has 1 aromatic rings. The van der Waals surface area contributed by atoms with E-state index in [1.54, 1.807) is 0 Å². The van der Waals surface area contributed by atoms with E-state index < -0.39 is 6.09 Å². The lowest BCUT2D eigenvalue weighted by atomic mass is 10.0. The zero-order chi connectivity index (χ0) is 13.8. The van der Waals surface area contributed by atoms with E-state index in [-0.39, 0.29) is 6.04 Å². The molecule has 0 aliphatic carbocycles. The van der Waals surface area contributed by atoms with Gasteiger partial charge in [-0.05, 0) is 30.2 Å². The van der Waals surface area contributed by atoms with Gasteiger partial charge in [-0.2, -0.15) is 0 Å². The molecule has 0 radical (unpaired) electrons. The number of nitrogens with zero attached hydrogens (tertiary/aromatic N) is 1. The van der Waals surface area contributed by atoms with Gasteiger partial charge in [-0.15, -0.1) is 0 Å². The highest BCUT2D eigenvalue weighted by atomic mass is 79.9. The lowest BCUT2D eigenvalue weighted by molar-refractivity contribution is 0.176. The molecule has 102 valence electrons. The number of rotatable bonds is 1. The van der Waals surface area contributed by atoms with E-state index in [4.69, 9.17) is 0 Å². The summed E-state index contributed by atoms with van der Waals surface area (Å²) >= 11 is 6.98. The minimum absolute atomic E-state index is 0.000260. The van der Waals surface area contributed by atoms with Crippen LogP contribution in [0.15, 0.2) is 32.1 Å². The molecule has 5 nitrogen and oxygen atoms in total. The van der Waals surface area contributed by atoms with Crippen molar-refractivity contribution in [3.63, 3.8) is 0 Å². The van der Waals surface area contributed by atoms with E-state index in [1.165, 1.54) is 7.11 Å². The van der Waals surface area contributed by atoms with Crippen molar-refractivity contribution in [3.05, 3.63) is 32.7 Å². The highest BCUT2D eigenvalue weighted by Gasteiger charge is 2.20. The second-order valence-corrected chi connectivity index (χ2v) is 5.76. The van der Waals surface area contributed by atoms with Crippen molar-refractivity contribution in [2.75, 3.05) is 13.7 Å². The number of alkyl carbamates (subject to hydrolysis) is 1. The average molecular weight is 391 g/mol. The van der Waals surface area contributed by atoms with Gasteiger partial charge in [0, 0.05) is 15.5 Å². The van der Waals surface area contributed by atoms with Gasteiger partial charge in [-0.1, -0.05) is 31.9 Å². The minimum atomic E-state index is -0.528. The predicted molar refractivity (Wildman–Crippen MR) is 80.2 cm³/mol. The molecule has 0 spiro atoms. The van der Waals surface area contributed by atoms with Gasteiger partial charge in [0.2, 0.25) is 5.96 Å². The number of carbonyl (C=O) groups is 1. The summed E-state index contributed by atoms with van der Waals surface area (Å²) in [6, 6.07) is 5.97. The Morgan fingerprint density at radius 1 is 1.53 bits per heavy atom. The molecule has 1 aliphatic rings. The van der Waals surface area contributed by atoms with Crippen molar-refractivity contribution in [1.82, 2.24) is 10.6 Å². The summed E-state index contributed by atoms with van der Waals surface area (Å²) in [5, 5.41) is 5.58. The summed E-state index contributed by atoms with van der Waals surface area (Å²) in [6.07, 6.45) is 0.335. The smallest absolute Gasteiger partial charge is 0.413 e. The van der Waals surface area contributed by atoms with Crippen LogP contribution >= 0.6 is 31.9 Å². The standard InChI is InChI=1S/C12H13Br2N3O2/c1-19-12(18)17-11-15-5-4-10(16-11)8-6-7(13)2-3-9(8)14/h2-3,6,10H,4-5H2,1H3,(H2,15,16,17,18). The molecule has 19 heavy (non-hydrogen) atoms. The zero-order valence-electron chi connectivity index (χ0n) is 10.2. The van der Waals surface area contributed by atoms with Crippen LogP contribution in [0.5, 0.6) is 0 Å². The van der Waals surface area contributed by atoms with Crippen molar-refractivity contribution in [2.45, 2.75) is 12.5 Å². The number of hydrogen-bond acceptors (Lipinski definition) is 4. The summed E-state index contributed by atoms with van der Waals surface area (Å²) in [6.45, 7) is 0.743. The fraction of sp³-hybridized carbons (Fsp3) is 0.333. The van der Waals surface area contributed by atoms with Gasteiger partial charge in [0.05, 0.1) is 13.2 Å². The van der Waals surface area contributed by atoms with Gasteiger partial charge in [0.1, 0.15) is 0 Å². The summed E-state index contributed by atoms with van der Waals surface area (Å²) in [5.74, 6) is 0.440. The molecule has 0 saturated heterocycles. The van der Waals surface area contributed by atoms with Gasteiger partial charge in [0.15, 0.2) is 0 Å². The molecule has 7 heteroatoms. The molecule has 0 fully saturated rings. The van der Waals surface area contributed by atoms with Gasteiger partial charge in [0.25, 0.3) is 0 Å². The van der Waals surface area contributed by atoms with E-state index in [0.717, 1.165) is 27.5 Å². The molecule has 0 bridgehead atoms. The van der Waals surface area contributed by atoms with Gasteiger partial charge in [-0.25, -0.2) is 9.79 Å². The molecule has 0 aromatic heterocycles. The van der Waals surface area contributed by atoms with Crippen LogP contribution in [0.2, 0.25) is 0 Å². The molecular formula is C12H13Br2N3O2. The van der Waals surface area contributed by atoms with Crippen molar-refractivity contribution in [2.24, 2.45) is 4.99 Å². The molecule has 2 rings (SSSR count). The number of nitrogens with one attached hydrogen (secondary N) is 2. The number of guanidine groups is 1. The molecule has 0 saturated carbocycles. The first-order valence-electron chi connectivity index (χ1n) is 5.71. The number of ether oxygens (including phenoxy) is 1. The number of carbonyl (C=O) groups excluding carboxylic acids is 1. The van der Waals surface area contributed by atoms with Gasteiger partial charge >= 0.3 is 6.09 Å². The SMILES string of the molecule is COC(=O)NC1=NC(c2cc(Br)ccc2Br)CCN1. The Kier molecular flexibility index (Phi) is 4.81. The van der Waals surface area contributed by atoms with Crippen molar-refractivity contribution < 1.29 is 9.53 Å². The third kappa shape index (κ3) is 3.70. The monoisotopic (exact) mass is 389 g/mol. The molecule has 1 aromatic carbocycles. The molecule has 1 atom stereocenters. The topological polar surface area (TPSA) is 62.7 Å². The fourth-order valence-electron chi connectivity index (χ4n) is 1.81. The lowest BCUT2D eigenvalue weighted by Crippen LogP contribution is -2.44. The van der Waals surface area contributed by atoms with Crippen molar-refractivity contribution >= 4 is 43.9 Å². The normalized spacial score (nSPS) is 18.3. The molecule has 1 heterocycles. The van der Waals surface area contributed by atoms with Crippen LogP contribution in [0, 0.1) is 0 Å². The molecular weight excluding hydrogens is 378 g/mol. The molecule has 2 N–H and O–H groups in total. The Morgan fingerprint density at radius 2 is 2.32 bits per heavy atom. The summed E-state index contributed by atoms with van der Waals surface area (Å²) < 4.78 is 6.55. The van der Waals surface area contributed by atoms with E-state index in [1.807, 2.05) is 18.2 Å². The van der Waals surface area contributed by atoms with E-state index >= 15 is 0 Å². The van der Waals surface area contributed by atoms with Crippen LogP contribution in [-0.4, -0.2) is 25.7 Å². The van der Waals surface area contributed by atoms with E-state index in [2.05, 4.69) is 52.2 Å². The Hall–Kier alpha value is -1.08. The quantitative estimate of drug-likeness (QED) is 0.774. The van der Waals surface area contributed by atoms with Crippen LogP contribution in [0.3, 0.4) is 0 Å². The van der Waals surface area contributed by atoms with Crippen LogP contribution in [-0.2, 0) is 4.74 Å². The highest BCUT2D eigenvalue weighted by molar-refractivity contribution is 9.11. The Labute approximate surface area is 128 Å². The first-order chi connectivity index (χ1) is 9.10. The third-order valence-corrected chi connectivity index (χ3v) is 3.93. The first-order valence-corrected chi connectivity index (χ1v) is 7.30. The second kappa shape index (κ2) is 6.38. The maximum absolute atomic E-state index is 11.2. The zero-order valence-corrected chi connectivity index (χ0v) is 13.4. The number of benzene rings is 1. The Balaban J connectivity index is 2.22. The summed E-state index contributed by atoms with van der Waals surface area (Å²) in [5.41, 5.74) is 1.08. The van der Waals surface area contributed by atoms with Crippen molar-refractivity contribution in [1.29, 1.82) is 0 Å². The Morgan fingerprint density at radius 3 is 3.05 bits per heavy atom. The summed E-state index contributed by atoms with van der Waals surface area (Å²) in [7, 11) is 1.32. The van der Waals surface area contributed by atoms with Gasteiger partial charge in [-0.3, -0.25) is 5.32 Å². The fourth-order valence-corrected chi connectivity index (χ4v) is 2.70. The third-order valence-electron chi connectivity index (χ3n) is 2.72.